The van der Waals surface area contributed by atoms with Crippen molar-refractivity contribution in [1.82, 2.24) is 24.7 Å². The zero-order valence-electron chi connectivity index (χ0n) is 16.3. The van der Waals surface area contributed by atoms with Crippen molar-refractivity contribution in [1.29, 1.82) is 0 Å². The minimum absolute atomic E-state index is 0.0532. The number of piperazine rings is 1. The number of ether oxygens (including phenoxy) is 1. The van der Waals surface area contributed by atoms with Gasteiger partial charge in [-0.05, 0) is 23.8 Å². The summed E-state index contributed by atoms with van der Waals surface area (Å²) in [7, 11) is 2.36. The van der Waals surface area contributed by atoms with Crippen molar-refractivity contribution < 1.29 is 18.3 Å². The molecular weight excluding hydrogens is 413 g/mol. The van der Waals surface area contributed by atoms with E-state index in [2.05, 4.69) is 34.2 Å². The summed E-state index contributed by atoms with van der Waals surface area (Å²) in [6.45, 7) is 3.09. The molecule has 0 spiro atoms. The normalized spacial score (nSPS) is 14.9. The number of alkyl halides is 2. The lowest BCUT2D eigenvalue weighted by Crippen LogP contribution is -2.49. The molecule has 158 valence electrons. The Morgan fingerprint density at radius 2 is 1.97 bits per heavy atom. The third-order valence-corrected chi connectivity index (χ3v) is 5.30. The largest absolute Gasteiger partial charge is 0.432 e. The maximum atomic E-state index is 13.2. The highest BCUT2D eigenvalue weighted by Gasteiger charge is 2.25. The Hall–Kier alpha value is -2.87. The van der Waals surface area contributed by atoms with Crippen LogP contribution in [0.1, 0.15) is 12.5 Å². The molecule has 1 amide bonds. The Balaban J connectivity index is 1.37. The van der Waals surface area contributed by atoms with Crippen LogP contribution in [0.3, 0.4) is 0 Å². The third kappa shape index (κ3) is 4.64. The number of benzene rings is 1. The van der Waals surface area contributed by atoms with Gasteiger partial charge in [0.15, 0.2) is 5.65 Å². The molecule has 1 unspecified atom stereocenters. The average molecular weight is 434 g/mol. The number of halogens is 2. The van der Waals surface area contributed by atoms with Gasteiger partial charge in [-0.25, -0.2) is 0 Å². The molecule has 1 aliphatic heterocycles. The van der Waals surface area contributed by atoms with Gasteiger partial charge in [0.05, 0.1) is 6.42 Å². The molecule has 1 aromatic carbocycles. The van der Waals surface area contributed by atoms with E-state index in [1.54, 1.807) is 27.9 Å². The highest BCUT2D eigenvalue weighted by Crippen LogP contribution is 2.23. The predicted octanol–water partition coefficient (Wildman–Crippen LogP) is 1.51. The predicted molar refractivity (Wildman–Crippen MR) is 110 cm³/mol. The molecule has 0 saturated carbocycles. The number of carbonyl (C=O) groups is 1. The number of fused-ring (bicyclic) bond motifs is 1. The SMILES string of the molecule is CC(F)(F)Oc1cc(CC(=O)N2CCN(c3ccc4nncn4n3)CC2)ccc1P. The number of anilines is 1. The van der Waals surface area contributed by atoms with E-state index in [0.29, 0.717) is 49.6 Å². The number of amides is 1. The number of carbonyl (C=O) groups excluding carboxylic acids is 1. The molecule has 4 rings (SSSR count). The van der Waals surface area contributed by atoms with Crippen LogP contribution in [-0.2, 0) is 11.2 Å². The Bertz CT molecular complexity index is 1060. The van der Waals surface area contributed by atoms with Crippen LogP contribution in [0.25, 0.3) is 5.65 Å². The summed E-state index contributed by atoms with van der Waals surface area (Å²) in [6, 6.07) is 8.62. The minimum atomic E-state index is -3.28. The maximum Gasteiger partial charge on any atom is 0.394 e. The monoisotopic (exact) mass is 434 g/mol. The fourth-order valence-electron chi connectivity index (χ4n) is 3.33. The Kier molecular flexibility index (Phi) is 5.51. The molecular formula is C19H21F2N6O2P. The molecule has 0 bridgehead atoms. The Morgan fingerprint density at radius 3 is 2.70 bits per heavy atom. The van der Waals surface area contributed by atoms with Gasteiger partial charge < -0.3 is 14.5 Å². The summed E-state index contributed by atoms with van der Waals surface area (Å²) in [6.07, 6.45) is -1.61. The fourth-order valence-corrected chi connectivity index (χ4v) is 3.57. The van der Waals surface area contributed by atoms with Gasteiger partial charge in [0, 0.05) is 38.4 Å². The standard InChI is InChI=1S/C19H21F2N6O2P/c1-19(20,21)29-14-10-13(2-3-15(14)30)11-18(28)26-8-6-25(7-9-26)17-5-4-16-23-22-12-27(16)24-17/h2-5,10,12H,6-9,11,30H2,1H3. The van der Waals surface area contributed by atoms with Gasteiger partial charge in [-0.15, -0.1) is 24.5 Å². The molecule has 8 nitrogen and oxygen atoms in total. The summed E-state index contributed by atoms with van der Waals surface area (Å²) in [5.41, 5.74) is 1.31. The molecule has 1 aliphatic rings. The van der Waals surface area contributed by atoms with Crippen LogP contribution >= 0.6 is 9.24 Å². The van der Waals surface area contributed by atoms with Crippen LogP contribution in [0, 0.1) is 0 Å². The van der Waals surface area contributed by atoms with Crippen LogP contribution in [0.2, 0.25) is 0 Å². The van der Waals surface area contributed by atoms with E-state index in [-0.39, 0.29) is 18.1 Å². The smallest absolute Gasteiger partial charge is 0.394 e. The Morgan fingerprint density at radius 1 is 1.20 bits per heavy atom. The lowest BCUT2D eigenvalue weighted by Gasteiger charge is -2.35. The third-order valence-electron chi connectivity index (χ3n) is 4.83. The lowest BCUT2D eigenvalue weighted by atomic mass is 10.1. The summed E-state index contributed by atoms with van der Waals surface area (Å²) < 4.78 is 32.7. The lowest BCUT2D eigenvalue weighted by molar-refractivity contribution is -0.158. The van der Waals surface area contributed by atoms with Crippen molar-refractivity contribution in [2.75, 3.05) is 31.1 Å². The van der Waals surface area contributed by atoms with Crippen LogP contribution in [0.5, 0.6) is 5.75 Å². The van der Waals surface area contributed by atoms with Crippen molar-refractivity contribution in [2.45, 2.75) is 19.5 Å². The van der Waals surface area contributed by atoms with Gasteiger partial charge in [-0.3, -0.25) is 4.79 Å². The zero-order valence-corrected chi connectivity index (χ0v) is 17.5. The second-order valence-electron chi connectivity index (χ2n) is 7.15. The highest BCUT2D eigenvalue weighted by molar-refractivity contribution is 7.27. The van der Waals surface area contributed by atoms with Crippen molar-refractivity contribution in [3.05, 3.63) is 42.2 Å². The molecule has 30 heavy (non-hydrogen) atoms. The zero-order chi connectivity index (χ0) is 21.3. The molecule has 0 radical (unpaired) electrons. The average Bonchev–Trinajstić information content (AvgIpc) is 3.17. The first-order chi connectivity index (χ1) is 14.3. The summed E-state index contributed by atoms with van der Waals surface area (Å²) >= 11 is 0. The first-order valence-electron chi connectivity index (χ1n) is 9.43. The number of rotatable bonds is 5. The molecule has 1 saturated heterocycles. The fraction of sp³-hybridized carbons (Fsp3) is 0.368. The van der Waals surface area contributed by atoms with Gasteiger partial charge in [0.2, 0.25) is 5.91 Å². The summed E-state index contributed by atoms with van der Waals surface area (Å²) in [4.78, 5) is 16.6. The van der Waals surface area contributed by atoms with Crippen LogP contribution < -0.4 is 14.9 Å². The van der Waals surface area contributed by atoms with E-state index in [1.807, 2.05) is 12.1 Å². The van der Waals surface area contributed by atoms with E-state index in [1.165, 1.54) is 6.07 Å². The number of nitrogens with zero attached hydrogens (tertiary/aromatic N) is 6. The number of hydrogen-bond acceptors (Lipinski definition) is 6. The van der Waals surface area contributed by atoms with Gasteiger partial charge >= 0.3 is 6.11 Å². The van der Waals surface area contributed by atoms with Gasteiger partial charge in [-0.1, -0.05) is 12.1 Å². The van der Waals surface area contributed by atoms with E-state index in [0.717, 1.165) is 5.82 Å². The van der Waals surface area contributed by atoms with Gasteiger partial charge in [0.25, 0.3) is 0 Å². The first-order valence-corrected chi connectivity index (χ1v) is 10.0. The van der Waals surface area contributed by atoms with E-state index in [9.17, 15) is 13.6 Å². The van der Waals surface area contributed by atoms with Crippen molar-refractivity contribution in [3.63, 3.8) is 0 Å². The Labute approximate surface area is 174 Å². The molecule has 3 aromatic rings. The quantitative estimate of drug-likeness (QED) is 0.567. The topological polar surface area (TPSA) is 75.9 Å². The van der Waals surface area contributed by atoms with Crippen LogP contribution in [0.15, 0.2) is 36.7 Å². The molecule has 3 heterocycles. The van der Waals surface area contributed by atoms with Crippen LogP contribution in [0.4, 0.5) is 14.6 Å². The van der Waals surface area contributed by atoms with Gasteiger partial charge in [-0.2, -0.15) is 13.3 Å². The van der Waals surface area contributed by atoms with Gasteiger partial charge in [0.1, 0.15) is 17.9 Å². The van der Waals surface area contributed by atoms with Crippen molar-refractivity contribution in [3.8, 4) is 5.75 Å². The molecule has 1 atom stereocenters. The highest BCUT2D eigenvalue weighted by atomic mass is 31.0. The molecule has 1 fully saturated rings. The van der Waals surface area contributed by atoms with Crippen LogP contribution in [-0.4, -0.2) is 62.9 Å². The second kappa shape index (κ2) is 8.10. The summed E-state index contributed by atoms with van der Waals surface area (Å²) in [5.74, 6) is 0.799. The second-order valence-corrected chi connectivity index (χ2v) is 7.77. The minimum Gasteiger partial charge on any atom is -0.432 e. The molecule has 2 aromatic heterocycles. The van der Waals surface area contributed by atoms with E-state index >= 15 is 0 Å². The first kappa shape index (κ1) is 20.4. The van der Waals surface area contributed by atoms with E-state index < -0.39 is 6.11 Å². The molecule has 0 aliphatic carbocycles. The van der Waals surface area contributed by atoms with Crippen molar-refractivity contribution in [2.24, 2.45) is 0 Å². The summed E-state index contributed by atoms with van der Waals surface area (Å²) in [5, 5.41) is 12.8. The van der Waals surface area contributed by atoms with E-state index in [4.69, 9.17) is 0 Å². The number of hydrogen-bond donors (Lipinski definition) is 0. The molecule has 11 heteroatoms. The molecule has 0 N–H and O–H groups in total. The number of aromatic nitrogens is 4. The maximum absolute atomic E-state index is 13.2. The van der Waals surface area contributed by atoms with Crippen molar-refractivity contribution >= 4 is 31.9 Å².